The largest absolute Gasteiger partial charge is 0.490 e. The molecule has 1 aliphatic rings. The molecular weight excluding hydrogens is 584 g/mol. The summed E-state index contributed by atoms with van der Waals surface area (Å²) in [4.78, 5) is 36.6. The maximum Gasteiger partial charge on any atom is 0.329 e. The van der Waals surface area contributed by atoms with Gasteiger partial charge in [0.15, 0.2) is 29.6 Å². The van der Waals surface area contributed by atoms with Crippen LogP contribution in [0.1, 0.15) is 23.6 Å². The minimum absolute atomic E-state index is 0.131. The second-order valence-corrected chi connectivity index (χ2v) is 9.42. The Bertz CT molecular complexity index is 1440. The minimum atomic E-state index is -0.922. The molecule has 1 aliphatic heterocycles. The lowest BCUT2D eigenvalue weighted by atomic mass is 10.2. The van der Waals surface area contributed by atoms with Crippen LogP contribution in [0.5, 0.6) is 23.0 Å². The SMILES string of the molecule is CCOc1cc(/C=N\NC(=O)C(=O)NCc2ccc3c(c2)OCO3)ccc1OCC(=O)Nc1ccc(Br)cc1C. The third-order valence-corrected chi connectivity index (χ3v) is 6.06. The first kappa shape index (κ1) is 28.4. The molecule has 208 valence electrons. The van der Waals surface area contributed by atoms with E-state index < -0.39 is 11.8 Å². The fourth-order valence-corrected chi connectivity index (χ4v) is 4.09. The van der Waals surface area contributed by atoms with Crippen LogP contribution in [0.3, 0.4) is 0 Å². The summed E-state index contributed by atoms with van der Waals surface area (Å²) in [5, 5.41) is 9.18. The highest BCUT2D eigenvalue weighted by atomic mass is 79.9. The Hall–Kier alpha value is -4.58. The number of rotatable bonds is 10. The summed E-state index contributed by atoms with van der Waals surface area (Å²) in [7, 11) is 0. The van der Waals surface area contributed by atoms with Crippen molar-refractivity contribution in [1.29, 1.82) is 0 Å². The number of benzene rings is 3. The van der Waals surface area contributed by atoms with Crippen LogP contribution in [-0.2, 0) is 20.9 Å². The van der Waals surface area contributed by atoms with Crippen LogP contribution in [0.15, 0.2) is 64.2 Å². The molecule has 0 fully saturated rings. The van der Waals surface area contributed by atoms with Gasteiger partial charge in [0.2, 0.25) is 6.79 Å². The number of hydrazone groups is 1. The molecule has 0 saturated carbocycles. The van der Waals surface area contributed by atoms with Crippen LogP contribution in [0.25, 0.3) is 0 Å². The number of carbonyl (C=O) groups is 3. The second-order valence-electron chi connectivity index (χ2n) is 8.50. The highest BCUT2D eigenvalue weighted by Crippen LogP contribution is 2.32. The third-order valence-electron chi connectivity index (χ3n) is 5.56. The Kier molecular flexibility index (Phi) is 9.57. The van der Waals surface area contributed by atoms with E-state index in [4.69, 9.17) is 18.9 Å². The maximum absolute atomic E-state index is 12.4. The van der Waals surface area contributed by atoms with Gasteiger partial charge in [-0.15, -0.1) is 0 Å². The summed E-state index contributed by atoms with van der Waals surface area (Å²) in [5.41, 5.74) is 5.12. The lowest BCUT2D eigenvalue weighted by Crippen LogP contribution is -2.37. The summed E-state index contributed by atoms with van der Waals surface area (Å²) < 4.78 is 22.8. The van der Waals surface area contributed by atoms with Gasteiger partial charge in [-0.2, -0.15) is 5.10 Å². The van der Waals surface area contributed by atoms with Crippen LogP contribution < -0.4 is 35.0 Å². The van der Waals surface area contributed by atoms with Gasteiger partial charge in [-0.3, -0.25) is 14.4 Å². The van der Waals surface area contributed by atoms with E-state index in [2.05, 4.69) is 37.1 Å². The van der Waals surface area contributed by atoms with E-state index in [9.17, 15) is 14.4 Å². The topological polar surface area (TPSA) is 137 Å². The van der Waals surface area contributed by atoms with E-state index in [1.807, 2.05) is 26.0 Å². The summed E-state index contributed by atoms with van der Waals surface area (Å²) in [6.07, 6.45) is 1.36. The van der Waals surface area contributed by atoms with Crippen molar-refractivity contribution in [3.05, 3.63) is 75.8 Å². The highest BCUT2D eigenvalue weighted by molar-refractivity contribution is 9.10. The van der Waals surface area contributed by atoms with E-state index in [1.165, 1.54) is 6.21 Å². The normalized spacial score (nSPS) is 11.7. The average molecular weight is 611 g/mol. The molecule has 0 aliphatic carbocycles. The molecule has 0 radical (unpaired) electrons. The Balaban J connectivity index is 1.27. The summed E-state index contributed by atoms with van der Waals surface area (Å²) in [5.74, 6) is -0.105. The number of halogens is 1. The molecule has 0 saturated heterocycles. The van der Waals surface area contributed by atoms with E-state index in [0.29, 0.717) is 40.9 Å². The van der Waals surface area contributed by atoms with Gasteiger partial charge in [-0.25, -0.2) is 5.43 Å². The van der Waals surface area contributed by atoms with Crippen LogP contribution in [0.4, 0.5) is 5.69 Å². The molecule has 0 atom stereocenters. The zero-order valence-corrected chi connectivity index (χ0v) is 23.4. The van der Waals surface area contributed by atoms with Gasteiger partial charge in [0.1, 0.15) is 0 Å². The Labute approximate surface area is 239 Å². The van der Waals surface area contributed by atoms with Crippen LogP contribution in [0, 0.1) is 6.92 Å². The molecule has 0 spiro atoms. The molecule has 12 heteroatoms. The molecular formula is C28H27BrN4O7. The first-order valence-corrected chi connectivity index (χ1v) is 13.1. The zero-order chi connectivity index (χ0) is 28.5. The molecule has 3 aromatic carbocycles. The molecule has 40 heavy (non-hydrogen) atoms. The Morgan fingerprint density at radius 2 is 1.80 bits per heavy atom. The molecule has 3 amide bonds. The number of amides is 3. The van der Waals surface area contributed by atoms with Gasteiger partial charge in [0, 0.05) is 16.7 Å². The number of ether oxygens (including phenoxy) is 4. The highest BCUT2D eigenvalue weighted by Gasteiger charge is 2.16. The van der Waals surface area contributed by atoms with E-state index >= 15 is 0 Å². The predicted octanol–water partition coefficient (Wildman–Crippen LogP) is 3.67. The number of hydrogen-bond donors (Lipinski definition) is 3. The van der Waals surface area contributed by atoms with Crippen molar-refractivity contribution in [2.24, 2.45) is 5.10 Å². The average Bonchev–Trinajstić information content (AvgIpc) is 3.41. The lowest BCUT2D eigenvalue weighted by molar-refractivity contribution is -0.139. The van der Waals surface area contributed by atoms with Gasteiger partial charge in [0.25, 0.3) is 5.91 Å². The smallest absolute Gasteiger partial charge is 0.329 e. The zero-order valence-electron chi connectivity index (χ0n) is 21.8. The number of nitrogens with one attached hydrogen (secondary N) is 3. The summed E-state index contributed by atoms with van der Waals surface area (Å²) >= 11 is 3.40. The molecule has 11 nitrogen and oxygen atoms in total. The summed E-state index contributed by atoms with van der Waals surface area (Å²) in [6.45, 7) is 4.13. The molecule has 4 rings (SSSR count). The van der Waals surface area contributed by atoms with Gasteiger partial charge >= 0.3 is 11.8 Å². The van der Waals surface area contributed by atoms with Gasteiger partial charge in [0.05, 0.1) is 12.8 Å². The fourth-order valence-electron chi connectivity index (χ4n) is 3.62. The number of nitrogens with zero attached hydrogens (tertiary/aromatic N) is 1. The Morgan fingerprint density at radius 3 is 2.60 bits per heavy atom. The van der Waals surface area contributed by atoms with E-state index in [0.717, 1.165) is 15.6 Å². The summed E-state index contributed by atoms with van der Waals surface area (Å²) in [6, 6.07) is 15.7. The van der Waals surface area contributed by atoms with Crippen molar-refractivity contribution in [3.63, 3.8) is 0 Å². The lowest BCUT2D eigenvalue weighted by Gasteiger charge is -2.13. The first-order valence-electron chi connectivity index (χ1n) is 12.3. The molecule has 3 aromatic rings. The fraction of sp³-hybridized carbons (Fsp3) is 0.214. The molecule has 0 unspecified atom stereocenters. The minimum Gasteiger partial charge on any atom is -0.490 e. The number of fused-ring (bicyclic) bond motifs is 1. The first-order chi connectivity index (χ1) is 19.3. The van der Waals surface area contributed by atoms with E-state index in [1.54, 1.807) is 42.5 Å². The van der Waals surface area contributed by atoms with Crippen molar-refractivity contribution in [1.82, 2.24) is 10.7 Å². The van der Waals surface area contributed by atoms with Gasteiger partial charge in [-0.05, 0) is 79.1 Å². The van der Waals surface area contributed by atoms with Crippen molar-refractivity contribution in [2.75, 3.05) is 25.3 Å². The quantitative estimate of drug-likeness (QED) is 0.181. The Morgan fingerprint density at radius 1 is 0.975 bits per heavy atom. The van der Waals surface area contributed by atoms with Crippen LogP contribution >= 0.6 is 15.9 Å². The molecule has 0 aromatic heterocycles. The number of anilines is 1. The monoisotopic (exact) mass is 610 g/mol. The molecule has 3 N–H and O–H groups in total. The van der Waals surface area contributed by atoms with Crippen molar-refractivity contribution in [3.8, 4) is 23.0 Å². The van der Waals surface area contributed by atoms with Crippen molar-refractivity contribution < 1.29 is 33.3 Å². The third kappa shape index (κ3) is 7.73. The van der Waals surface area contributed by atoms with E-state index in [-0.39, 0.29) is 25.9 Å². The predicted molar refractivity (Wildman–Crippen MR) is 151 cm³/mol. The number of hydrogen-bond acceptors (Lipinski definition) is 8. The van der Waals surface area contributed by atoms with Crippen LogP contribution in [0.2, 0.25) is 0 Å². The van der Waals surface area contributed by atoms with Gasteiger partial charge in [-0.1, -0.05) is 22.0 Å². The maximum atomic E-state index is 12.4. The molecule has 0 bridgehead atoms. The number of carbonyl (C=O) groups excluding carboxylic acids is 3. The van der Waals surface area contributed by atoms with Crippen molar-refractivity contribution in [2.45, 2.75) is 20.4 Å². The standard InChI is InChI=1S/C28H27BrN4O7/c1-3-37-24-12-19(5-8-22(24)38-15-26(34)32-21-7-6-20(29)10-17(21)2)14-31-33-28(36)27(35)30-13-18-4-9-23-25(11-18)40-16-39-23/h4-12,14H,3,13,15-16H2,1-2H3,(H,30,35)(H,32,34)(H,33,36)/b31-14-. The van der Waals surface area contributed by atoms with Crippen LogP contribution in [-0.4, -0.2) is 43.9 Å². The number of aryl methyl sites for hydroxylation is 1. The van der Waals surface area contributed by atoms with Gasteiger partial charge < -0.3 is 29.6 Å². The van der Waals surface area contributed by atoms with Crippen molar-refractivity contribution >= 4 is 45.6 Å². The second kappa shape index (κ2) is 13.5. The molecule has 1 heterocycles.